The molecule has 5 heterocycles. The van der Waals surface area contributed by atoms with E-state index in [1.165, 1.54) is 0 Å². The van der Waals surface area contributed by atoms with Crippen molar-refractivity contribution in [2.45, 2.75) is 206 Å². The molecule has 0 radical (unpaired) electrons. The van der Waals surface area contributed by atoms with Crippen LogP contribution in [-0.2, 0) is 42.7 Å². The predicted octanol–water partition coefficient (Wildman–Crippen LogP) is 7.37. The van der Waals surface area contributed by atoms with Crippen LogP contribution in [0.2, 0.25) is 0 Å². The Kier molecular flexibility index (Phi) is 14.9. The maximum Gasteiger partial charge on any atom is 0.509 e. The fourth-order valence-corrected chi connectivity index (χ4v) is 10.9. The first kappa shape index (κ1) is 46.9. The highest BCUT2D eigenvalue weighted by atomic mass is 16.8. The topological polar surface area (TPSA) is 177 Å². The number of aliphatic hydroxyl groups is 2. The molecule has 4 fully saturated rings. The third kappa shape index (κ3) is 9.07. The molecule has 0 bridgehead atoms. The summed E-state index contributed by atoms with van der Waals surface area (Å²) in [4.78, 5) is 39.4. The SMILES string of the molecule is CCOC(=O)O[C@H]1C=C[C@]2(O[C@H]([C@@H](CC)C(=O)[C@@H](C)[C@@H](O)[C@H](C)[C@@H]3O[C@@H]([C@@H](CC)C(=O)O)CC[C@@H]3C)[C@@H](C)C[C@H]2C)O[C@@]12CC[C@@](C)([C@H]1CC[C@](O)(CC)[C@H](C)O1)O2. The molecule has 18 atom stereocenters. The molecule has 0 aromatic rings. The standard InChI is InChI=1S/C45H74O13/c1-12-31(40(48)49)33-17-16-25(5)38(54-33)29(9)36(46)28(8)37(47)32(13-2)39-26(6)24-27(7)44(56-39)21-19-35(55-41(50)52-15-4)45(58-44)23-22-42(11,57-45)34-18-20-43(51,14-3)30(10)53-34/h19,21,25-36,38-39,46,51H,12-18,20,22-24H2,1-11H3,(H,48,49)/t25-,26-,27+,28-,29-,30-,31+,32-,33+,34+,35-,36+,38+,39-,42-,43+,44-,45-/m0/s1. The van der Waals surface area contributed by atoms with Gasteiger partial charge in [-0.1, -0.05) is 55.4 Å². The van der Waals surface area contributed by atoms with Gasteiger partial charge in [0, 0.05) is 30.1 Å². The van der Waals surface area contributed by atoms with Crippen molar-refractivity contribution in [2.24, 2.45) is 41.4 Å². The molecule has 5 rings (SSSR count). The molecular weight excluding hydrogens is 748 g/mol. The summed E-state index contributed by atoms with van der Waals surface area (Å²) in [7, 11) is 0. The van der Waals surface area contributed by atoms with E-state index in [0.717, 1.165) is 6.42 Å². The molecule has 2 spiro atoms. The van der Waals surface area contributed by atoms with Gasteiger partial charge in [-0.15, -0.1) is 0 Å². The molecule has 13 heteroatoms. The molecule has 0 saturated carbocycles. The van der Waals surface area contributed by atoms with Crippen molar-refractivity contribution in [3.05, 3.63) is 12.2 Å². The lowest BCUT2D eigenvalue weighted by molar-refractivity contribution is -0.408. The van der Waals surface area contributed by atoms with Crippen LogP contribution in [-0.4, -0.2) is 105 Å². The van der Waals surface area contributed by atoms with Gasteiger partial charge in [-0.2, -0.15) is 0 Å². The number of carbonyl (C=O) groups is 3. The average Bonchev–Trinajstić information content (AvgIpc) is 3.52. The van der Waals surface area contributed by atoms with E-state index >= 15 is 0 Å². The van der Waals surface area contributed by atoms with Gasteiger partial charge < -0.3 is 48.5 Å². The monoisotopic (exact) mass is 823 g/mol. The molecule has 0 aromatic carbocycles. The van der Waals surface area contributed by atoms with E-state index in [1.54, 1.807) is 26.0 Å². The summed E-state index contributed by atoms with van der Waals surface area (Å²) in [6.07, 6.45) is 4.15. The Morgan fingerprint density at radius 1 is 0.879 bits per heavy atom. The molecule has 4 saturated heterocycles. The summed E-state index contributed by atoms with van der Waals surface area (Å²) in [5.74, 6) is -6.27. The highest BCUT2D eigenvalue weighted by molar-refractivity contribution is 5.84. The molecule has 0 aromatic heterocycles. The van der Waals surface area contributed by atoms with Crippen molar-refractivity contribution in [1.82, 2.24) is 0 Å². The van der Waals surface area contributed by atoms with E-state index in [2.05, 4.69) is 13.8 Å². The average molecular weight is 823 g/mol. The number of aliphatic carboxylic acids is 1. The largest absolute Gasteiger partial charge is 0.509 e. The molecule has 5 aliphatic rings. The van der Waals surface area contributed by atoms with E-state index in [1.807, 2.05) is 48.5 Å². The first-order valence-electron chi connectivity index (χ1n) is 22.3. The van der Waals surface area contributed by atoms with E-state index < -0.39 is 95.2 Å². The lowest BCUT2D eigenvalue weighted by atomic mass is 9.72. The van der Waals surface area contributed by atoms with Crippen LogP contribution in [0, 0.1) is 41.4 Å². The molecule has 332 valence electrons. The highest BCUT2D eigenvalue weighted by Crippen LogP contribution is 2.54. The summed E-state index contributed by atoms with van der Waals surface area (Å²) in [5.41, 5.74) is -1.76. The van der Waals surface area contributed by atoms with Gasteiger partial charge in [0.2, 0.25) is 5.79 Å². The number of carboxylic acids is 1. The van der Waals surface area contributed by atoms with Gasteiger partial charge in [0.25, 0.3) is 0 Å². The van der Waals surface area contributed by atoms with E-state index in [4.69, 9.17) is 33.2 Å². The second-order valence-corrected chi connectivity index (χ2v) is 18.7. The normalized spacial score (nSPS) is 43.0. The third-order valence-electron chi connectivity index (χ3n) is 14.9. The zero-order chi connectivity index (χ0) is 43.0. The highest BCUT2D eigenvalue weighted by Gasteiger charge is 2.64. The van der Waals surface area contributed by atoms with Gasteiger partial charge in [0.05, 0.1) is 60.4 Å². The number of carboxylic acid groups (broad SMARTS) is 1. The minimum atomic E-state index is -1.46. The van der Waals surface area contributed by atoms with Crippen molar-refractivity contribution in [3.8, 4) is 0 Å². The summed E-state index contributed by atoms with van der Waals surface area (Å²) < 4.78 is 45.1. The Morgan fingerprint density at radius 2 is 1.57 bits per heavy atom. The Morgan fingerprint density at radius 3 is 2.17 bits per heavy atom. The summed E-state index contributed by atoms with van der Waals surface area (Å²) >= 11 is 0. The Balaban J connectivity index is 1.38. The number of rotatable bonds is 14. The van der Waals surface area contributed by atoms with Crippen LogP contribution in [0.4, 0.5) is 4.79 Å². The first-order valence-corrected chi connectivity index (χ1v) is 22.3. The van der Waals surface area contributed by atoms with Gasteiger partial charge in [0.15, 0.2) is 11.9 Å². The van der Waals surface area contributed by atoms with Crippen LogP contribution in [0.1, 0.15) is 140 Å². The van der Waals surface area contributed by atoms with Crippen LogP contribution in [0.5, 0.6) is 0 Å². The smallest absolute Gasteiger partial charge is 0.481 e. The zero-order valence-corrected chi connectivity index (χ0v) is 36.9. The molecule has 3 N–H and O–H groups in total. The van der Waals surface area contributed by atoms with Gasteiger partial charge in [-0.05, 0) is 103 Å². The lowest BCUT2D eigenvalue weighted by Gasteiger charge is -2.54. The van der Waals surface area contributed by atoms with Crippen molar-refractivity contribution in [2.75, 3.05) is 6.61 Å². The van der Waals surface area contributed by atoms with Gasteiger partial charge in [0.1, 0.15) is 5.78 Å². The zero-order valence-electron chi connectivity index (χ0n) is 36.9. The van der Waals surface area contributed by atoms with Crippen LogP contribution in [0.15, 0.2) is 12.2 Å². The van der Waals surface area contributed by atoms with Crippen molar-refractivity contribution in [1.29, 1.82) is 0 Å². The Hall–Kier alpha value is -2.13. The molecule has 5 aliphatic heterocycles. The molecule has 0 unspecified atom stereocenters. The van der Waals surface area contributed by atoms with E-state index in [0.29, 0.717) is 57.8 Å². The van der Waals surface area contributed by atoms with Crippen molar-refractivity contribution in [3.63, 3.8) is 0 Å². The van der Waals surface area contributed by atoms with Crippen LogP contribution >= 0.6 is 0 Å². The number of hydrogen-bond acceptors (Lipinski definition) is 12. The minimum Gasteiger partial charge on any atom is -0.481 e. The first-order chi connectivity index (χ1) is 27.2. The number of aliphatic hydroxyl groups excluding tert-OH is 1. The second-order valence-electron chi connectivity index (χ2n) is 18.7. The number of ketones is 1. The van der Waals surface area contributed by atoms with E-state index in [9.17, 15) is 29.7 Å². The summed E-state index contributed by atoms with van der Waals surface area (Å²) in [6.45, 7) is 21.3. The fraction of sp³-hybridized carbons (Fsp3) is 0.889. The van der Waals surface area contributed by atoms with Crippen molar-refractivity contribution < 1.29 is 62.9 Å². The Labute approximate surface area is 346 Å². The quantitative estimate of drug-likeness (QED) is 0.117. The maximum absolute atomic E-state index is 14.6. The van der Waals surface area contributed by atoms with Crippen LogP contribution < -0.4 is 0 Å². The van der Waals surface area contributed by atoms with Gasteiger partial charge >= 0.3 is 12.1 Å². The van der Waals surface area contributed by atoms with Gasteiger partial charge in [-0.25, -0.2) is 4.79 Å². The fourth-order valence-electron chi connectivity index (χ4n) is 10.9. The van der Waals surface area contributed by atoms with Crippen LogP contribution in [0.3, 0.4) is 0 Å². The van der Waals surface area contributed by atoms with E-state index in [-0.39, 0.29) is 36.2 Å². The molecular formula is C45H74O13. The number of ether oxygens (including phenoxy) is 7. The molecule has 58 heavy (non-hydrogen) atoms. The number of carbonyl (C=O) groups excluding carboxylic acids is 2. The summed E-state index contributed by atoms with van der Waals surface area (Å²) in [5, 5.41) is 32.8. The molecule has 0 amide bonds. The third-order valence-corrected chi connectivity index (χ3v) is 14.9. The minimum absolute atomic E-state index is 0.0357. The number of Topliss-reactive ketones (excluding diaryl/α,β-unsaturated/α-hetero) is 1. The predicted molar refractivity (Wildman–Crippen MR) is 215 cm³/mol. The lowest BCUT2D eigenvalue weighted by Crippen LogP contribution is -2.63. The molecule has 0 aliphatic carbocycles. The van der Waals surface area contributed by atoms with Gasteiger partial charge in [-0.3, -0.25) is 9.59 Å². The number of hydrogen-bond donors (Lipinski definition) is 3. The second kappa shape index (κ2) is 18.5. The van der Waals surface area contributed by atoms with Crippen LogP contribution in [0.25, 0.3) is 0 Å². The Bertz CT molecular complexity index is 1470. The van der Waals surface area contributed by atoms with Crippen molar-refractivity contribution >= 4 is 17.9 Å². The maximum atomic E-state index is 14.6. The molecule has 13 nitrogen and oxygen atoms in total. The summed E-state index contributed by atoms with van der Waals surface area (Å²) in [6, 6.07) is 0.